The molecule has 0 bridgehead atoms. The minimum absolute atomic E-state index is 0.0452. The first kappa shape index (κ1) is 12.7. The number of hydrogen-bond donors (Lipinski definition) is 2. The Hall–Kier alpha value is -1.75. The van der Waals surface area contributed by atoms with Gasteiger partial charge in [0.2, 0.25) is 0 Å². The number of rotatable bonds is 3. The van der Waals surface area contributed by atoms with Crippen LogP contribution in [-0.2, 0) is 0 Å². The fraction of sp³-hybridized carbons (Fsp3) is 0.462. The number of nitrogens with zero attached hydrogens (tertiary/aromatic N) is 1. The van der Waals surface area contributed by atoms with Gasteiger partial charge in [-0.05, 0) is 31.0 Å². The number of benzene rings is 1. The minimum atomic E-state index is -0.261. The van der Waals surface area contributed by atoms with E-state index >= 15 is 0 Å². The molecule has 1 fully saturated rings. The maximum atomic E-state index is 12.3. The number of carbonyl (C=O) groups is 1. The molecule has 1 aromatic rings. The maximum Gasteiger partial charge on any atom is 0.258 e. The van der Waals surface area contributed by atoms with Crippen molar-refractivity contribution in [3.05, 3.63) is 23.8 Å². The van der Waals surface area contributed by atoms with E-state index in [4.69, 9.17) is 4.74 Å². The third kappa shape index (κ3) is 2.26. The van der Waals surface area contributed by atoms with Gasteiger partial charge in [0.1, 0.15) is 11.5 Å². The lowest BCUT2D eigenvalue weighted by Crippen LogP contribution is -2.37. The third-order valence-electron chi connectivity index (χ3n) is 3.28. The van der Waals surface area contributed by atoms with E-state index in [-0.39, 0.29) is 29.9 Å². The number of likely N-dealkylation sites (tertiary alicyclic amines) is 1. The van der Waals surface area contributed by atoms with Crippen molar-refractivity contribution in [2.75, 3.05) is 20.3 Å². The lowest BCUT2D eigenvalue weighted by molar-refractivity contribution is 0.0674. The average Bonchev–Trinajstić information content (AvgIpc) is 2.86. The summed E-state index contributed by atoms with van der Waals surface area (Å²) in [6.07, 6.45) is 1.68. The number of ether oxygens (including phenoxy) is 1. The predicted octanol–water partition coefficient (Wildman–Crippen LogP) is 0.998. The van der Waals surface area contributed by atoms with Gasteiger partial charge in [0, 0.05) is 6.54 Å². The SMILES string of the molecule is COc1ccc(O)c(C(=O)N2CCC[C@H]2CO)c1. The van der Waals surface area contributed by atoms with Crippen LogP contribution in [0.2, 0.25) is 0 Å². The molecule has 0 aliphatic carbocycles. The van der Waals surface area contributed by atoms with Crippen molar-refractivity contribution in [3.63, 3.8) is 0 Å². The summed E-state index contributed by atoms with van der Waals surface area (Å²) in [4.78, 5) is 13.9. The third-order valence-corrected chi connectivity index (χ3v) is 3.28. The van der Waals surface area contributed by atoms with Crippen LogP contribution in [0.15, 0.2) is 18.2 Å². The number of hydrogen-bond acceptors (Lipinski definition) is 4. The first-order chi connectivity index (χ1) is 8.67. The van der Waals surface area contributed by atoms with Gasteiger partial charge < -0.3 is 19.8 Å². The van der Waals surface area contributed by atoms with Gasteiger partial charge in [0.25, 0.3) is 5.91 Å². The number of phenolic OH excluding ortho intramolecular Hbond substituents is 1. The van der Waals surface area contributed by atoms with Crippen LogP contribution < -0.4 is 4.74 Å². The molecule has 5 nitrogen and oxygen atoms in total. The van der Waals surface area contributed by atoms with Gasteiger partial charge in [-0.25, -0.2) is 0 Å². The Morgan fingerprint density at radius 1 is 1.56 bits per heavy atom. The number of amides is 1. The van der Waals surface area contributed by atoms with Gasteiger partial charge in [-0.2, -0.15) is 0 Å². The monoisotopic (exact) mass is 251 g/mol. The highest BCUT2D eigenvalue weighted by molar-refractivity contribution is 5.97. The van der Waals surface area contributed by atoms with Gasteiger partial charge >= 0.3 is 0 Å². The van der Waals surface area contributed by atoms with Crippen LogP contribution in [0, 0.1) is 0 Å². The summed E-state index contributed by atoms with van der Waals surface area (Å²) in [5.41, 5.74) is 0.217. The molecule has 0 saturated carbocycles. The molecule has 1 atom stereocenters. The van der Waals surface area contributed by atoms with E-state index in [0.29, 0.717) is 12.3 Å². The van der Waals surface area contributed by atoms with Crippen molar-refractivity contribution < 1.29 is 19.7 Å². The van der Waals surface area contributed by atoms with Crippen molar-refractivity contribution in [2.45, 2.75) is 18.9 Å². The van der Waals surface area contributed by atoms with Crippen molar-refractivity contribution in [2.24, 2.45) is 0 Å². The molecule has 5 heteroatoms. The first-order valence-corrected chi connectivity index (χ1v) is 5.96. The fourth-order valence-corrected chi connectivity index (χ4v) is 2.26. The maximum absolute atomic E-state index is 12.3. The van der Waals surface area contributed by atoms with Gasteiger partial charge in [-0.3, -0.25) is 4.79 Å². The zero-order chi connectivity index (χ0) is 13.1. The number of methoxy groups -OCH3 is 1. The minimum Gasteiger partial charge on any atom is -0.507 e. The van der Waals surface area contributed by atoms with Crippen LogP contribution in [0.1, 0.15) is 23.2 Å². The smallest absolute Gasteiger partial charge is 0.258 e. The summed E-state index contributed by atoms with van der Waals surface area (Å²) < 4.78 is 5.04. The second-order valence-electron chi connectivity index (χ2n) is 4.36. The lowest BCUT2D eigenvalue weighted by atomic mass is 10.1. The van der Waals surface area contributed by atoms with E-state index in [0.717, 1.165) is 12.8 Å². The first-order valence-electron chi connectivity index (χ1n) is 5.96. The Labute approximate surface area is 106 Å². The Bertz CT molecular complexity index is 447. The summed E-state index contributed by atoms with van der Waals surface area (Å²) in [6.45, 7) is 0.567. The molecule has 2 rings (SSSR count). The molecule has 98 valence electrons. The zero-order valence-corrected chi connectivity index (χ0v) is 10.3. The molecule has 1 aliphatic heterocycles. The number of phenols is 1. The Morgan fingerprint density at radius 3 is 3.00 bits per heavy atom. The van der Waals surface area contributed by atoms with E-state index < -0.39 is 0 Å². The van der Waals surface area contributed by atoms with E-state index in [1.165, 1.54) is 19.2 Å². The molecular formula is C13H17NO4. The molecule has 1 aliphatic rings. The average molecular weight is 251 g/mol. The van der Waals surface area contributed by atoms with Crippen LogP contribution in [0.25, 0.3) is 0 Å². The van der Waals surface area contributed by atoms with E-state index in [1.807, 2.05) is 0 Å². The van der Waals surface area contributed by atoms with Crippen LogP contribution in [0.3, 0.4) is 0 Å². The summed E-state index contributed by atoms with van der Waals surface area (Å²) >= 11 is 0. The molecule has 2 N–H and O–H groups in total. The molecule has 1 saturated heterocycles. The van der Waals surface area contributed by atoms with Crippen LogP contribution in [0.5, 0.6) is 11.5 Å². The number of aliphatic hydroxyl groups excluding tert-OH is 1. The van der Waals surface area contributed by atoms with Gasteiger partial charge in [-0.15, -0.1) is 0 Å². The number of aromatic hydroxyl groups is 1. The summed E-state index contributed by atoms with van der Waals surface area (Å²) in [5.74, 6) is 0.197. The Morgan fingerprint density at radius 2 is 2.33 bits per heavy atom. The largest absolute Gasteiger partial charge is 0.507 e. The predicted molar refractivity (Wildman–Crippen MR) is 65.8 cm³/mol. The van der Waals surface area contributed by atoms with Gasteiger partial charge in [0.05, 0.1) is 25.3 Å². The summed E-state index contributed by atoms with van der Waals surface area (Å²) in [6, 6.07) is 4.41. The number of aliphatic hydroxyl groups is 1. The van der Waals surface area contributed by atoms with Crippen LogP contribution in [0.4, 0.5) is 0 Å². The van der Waals surface area contributed by atoms with E-state index in [1.54, 1.807) is 11.0 Å². The molecule has 18 heavy (non-hydrogen) atoms. The quantitative estimate of drug-likeness (QED) is 0.840. The van der Waals surface area contributed by atoms with Gasteiger partial charge in [0.15, 0.2) is 0 Å². The second kappa shape index (κ2) is 5.27. The van der Waals surface area contributed by atoms with Crippen molar-refractivity contribution in [1.82, 2.24) is 4.90 Å². The molecule has 1 amide bonds. The highest BCUT2D eigenvalue weighted by atomic mass is 16.5. The van der Waals surface area contributed by atoms with Crippen molar-refractivity contribution >= 4 is 5.91 Å². The highest BCUT2D eigenvalue weighted by Gasteiger charge is 2.30. The molecule has 1 aromatic carbocycles. The molecule has 1 heterocycles. The zero-order valence-electron chi connectivity index (χ0n) is 10.3. The van der Waals surface area contributed by atoms with Crippen LogP contribution >= 0.6 is 0 Å². The van der Waals surface area contributed by atoms with E-state index in [9.17, 15) is 15.0 Å². The summed E-state index contributed by atoms with van der Waals surface area (Å²) in [5, 5.41) is 19.0. The highest BCUT2D eigenvalue weighted by Crippen LogP contribution is 2.27. The van der Waals surface area contributed by atoms with Crippen molar-refractivity contribution in [1.29, 1.82) is 0 Å². The normalized spacial score (nSPS) is 19.0. The van der Waals surface area contributed by atoms with Crippen molar-refractivity contribution in [3.8, 4) is 11.5 Å². The van der Waals surface area contributed by atoms with E-state index in [2.05, 4.69) is 0 Å². The Balaban J connectivity index is 2.27. The van der Waals surface area contributed by atoms with Crippen LogP contribution in [-0.4, -0.2) is 47.3 Å². The lowest BCUT2D eigenvalue weighted by Gasteiger charge is -2.23. The molecule has 0 aromatic heterocycles. The van der Waals surface area contributed by atoms with Gasteiger partial charge in [-0.1, -0.05) is 0 Å². The summed E-state index contributed by atoms with van der Waals surface area (Å²) in [7, 11) is 1.51. The topological polar surface area (TPSA) is 70.0 Å². The second-order valence-corrected chi connectivity index (χ2v) is 4.36. The standard InChI is InChI=1S/C13H17NO4/c1-18-10-4-5-12(16)11(7-10)13(17)14-6-2-3-9(14)8-15/h4-5,7,9,15-16H,2-3,6,8H2,1H3/t9-/m0/s1. The molecular weight excluding hydrogens is 234 g/mol. The molecule has 0 radical (unpaired) electrons. The molecule has 0 unspecified atom stereocenters. The number of carbonyl (C=O) groups excluding carboxylic acids is 1. The Kier molecular flexibility index (Phi) is 3.72. The fourth-order valence-electron chi connectivity index (χ4n) is 2.26. The molecule has 0 spiro atoms.